The molecule has 2 heterocycles. The summed E-state index contributed by atoms with van der Waals surface area (Å²) in [5, 5.41) is 0. The highest BCUT2D eigenvalue weighted by atomic mass is 35.5. The van der Waals surface area contributed by atoms with Gasteiger partial charge in [-0.25, -0.2) is 0 Å². The number of hydrogen-bond donors (Lipinski definition) is 0. The first-order valence-electron chi connectivity index (χ1n) is 6.95. The fourth-order valence-corrected chi connectivity index (χ4v) is 2.43. The minimum absolute atomic E-state index is 0.0428. The quantitative estimate of drug-likeness (QED) is 0.802. The van der Waals surface area contributed by atoms with Crippen molar-refractivity contribution < 1.29 is 9.53 Å². The van der Waals surface area contributed by atoms with Gasteiger partial charge < -0.3 is 9.64 Å². The van der Waals surface area contributed by atoms with E-state index in [9.17, 15) is 4.79 Å². The summed E-state index contributed by atoms with van der Waals surface area (Å²) < 4.78 is 5.92. The van der Waals surface area contributed by atoms with Crippen molar-refractivity contribution in [1.29, 1.82) is 0 Å². The number of piperidine rings is 1. The summed E-state index contributed by atoms with van der Waals surface area (Å²) in [5.41, 5.74) is -0.514. The van der Waals surface area contributed by atoms with Crippen LogP contribution in [0.2, 0.25) is 0 Å². The van der Waals surface area contributed by atoms with Crippen LogP contribution in [0, 0.1) is 5.41 Å². The Labute approximate surface area is 125 Å². The second-order valence-corrected chi connectivity index (χ2v) is 6.10. The molecule has 1 saturated heterocycles. The van der Waals surface area contributed by atoms with E-state index in [4.69, 9.17) is 16.3 Å². The van der Waals surface area contributed by atoms with Gasteiger partial charge in [0.1, 0.15) is 11.9 Å². The predicted molar refractivity (Wildman–Crippen MR) is 79.0 cm³/mol. The highest BCUT2D eigenvalue weighted by molar-refractivity contribution is 6.19. The lowest BCUT2D eigenvalue weighted by molar-refractivity contribution is -0.141. The Kier molecular flexibility index (Phi) is 4.86. The standard InChI is InChI=1S/C15H21ClN2O2/c1-15(2,11-16)14(19)18-9-3-4-13(10-18)20-12-5-7-17-8-6-12/h5-8,13H,3-4,9-11H2,1-2H3. The summed E-state index contributed by atoms with van der Waals surface area (Å²) in [6.07, 6.45) is 5.38. The van der Waals surface area contributed by atoms with E-state index in [0.29, 0.717) is 12.4 Å². The topological polar surface area (TPSA) is 42.4 Å². The Hall–Kier alpha value is -1.29. The molecule has 0 bridgehead atoms. The SMILES string of the molecule is CC(C)(CCl)C(=O)N1CCCC(Oc2ccncc2)C1. The van der Waals surface area contributed by atoms with Crippen LogP contribution in [0.15, 0.2) is 24.5 Å². The number of nitrogens with zero attached hydrogens (tertiary/aromatic N) is 2. The number of amides is 1. The molecule has 1 fully saturated rings. The molecular weight excluding hydrogens is 276 g/mol. The Morgan fingerprint density at radius 3 is 2.85 bits per heavy atom. The van der Waals surface area contributed by atoms with Crippen LogP contribution in [0.1, 0.15) is 26.7 Å². The molecule has 0 spiro atoms. The number of carbonyl (C=O) groups is 1. The van der Waals surface area contributed by atoms with Crippen LogP contribution in [0.25, 0.3) is 0 Å². The molecule has 0 saturated carbocycles. The molecule has 1 aromatic rings. The molecule has 1 aliphatic heterocycles. The van der Waals surface area contributed by atoms with Gasteiger partial charge in [-0.1, -0.05) is 0 Å². The fourth-order valence-electron chi connectivity index (χ4n) is 2.31. The number of hydrogen-bond acceptors (Lipinski definition) is 3. The normalized spacial score (nSPS) is 19.8. The van der Waals surface area contributed by atoms with Gasteiger partial charge in [0.2, 0.25) is 5.91 Å². The molecule has 0 aliphatic carbocycles. The predicted octanol–water partition coefficient (Wildman–Crippen LogP) is 2.72. The van der Waals surface area contributed by atoms with Crippen molar-refractivity contribution in [1.82, 2.24) is 9.88 Å². The lowest BCUT2D eigenvalue weighted by Crippen LogP contribution is -2.49. The lowest BCUT2D eigenvalue weighted by Gasteiger charge is -2.37. The van der Waals surface area contributed by atoms with Crippen molar-refractivity contribution in [2.75, 3.05) is 19.0 Å². The highest BCUT2D eigenvalue weighted by Gasteiger charge is 2.34. The first-order chi connectivity index (χ1) is 9.53. The maximum Gasteiger partial charge on any atom is 0.229 e. The summed E-state index contributed by atoms with van der Waals surface area (Å²) in [5.74, 6) is 1.24. The van der Waals surface area contributed by atoms with Crippen LogP contribution >= 0.6 is 11.6 Å². The van der Waals surface area contributed by atoms with E-state index >= 15 is 0 Å². The van der Waals surface area contributed by atoms with Gasteiger partial charge in [0.25, 0.3) is 0 Å². The van der Waals surface area contributed by atoms with Crippen LogP contribution in [-0.2, 0) is 4.79 Å². The lowest BCUT2D eigenvalue weighted by atomic mass is 9.93. The summed E-state index contributed by atoms with van der Waals surface area (Å²) in [4.78, 5) is 18.3. The number of halogens is 1. The zero-order chi connectivity index (χ0) is 14.6. The number of ether oxygens (including phenoxy) is 1. The van der Waals surface area contributed by atoms with Gasteiger partial charge >= 0.3 is 0 Å². The van der Waals surface area contributed by atoms with Gasteiger partial charge in [0.05, 0.1) is 12.0 Å². The first kappa shape index (κ1) is 15.1. The molecule has 0 radical (unpaired) electrons. The van der Waals surface area contributed by atoms with E-state index < -0.39 is 5.41 Å². The van der Waals surface area contributed by atoms with Gasteiger partial charge in [0.15, 0.2) is 0 Å². The summed E-state index contributed by atoms with van der Waals surface area (Å²) in [6, 6.07) is 3.67. The summed E-state index contributed by atoms with van der Waals surface area (Å²) in [7, 11) is 0. The molecule has 2 rings (SSSR count). The maximum absolute atomic E-state index is 12.4. The number of aromatic nitrogens is 1. The number of pyridine rings is 1. The van der Waals surface area contributed by atoms with Crippen LogP contribution in [0.3, 0.4) is 0 Å². The first-order valence-corrected chi connectivity index (χ1v) is 7.48. The Morgan fingerprint density at radius 1 is 1.50 bits per heavy atom. The largest absolute Gasteiger partial charge is 0.488 e. The molecule has 0 aromatic carbocycles. The fraction of sp³-hybridized carbons (Fsp3) is 0.600. The van der Waals surface area contributed by atoms with E-state index in [2.05, 4.69) is 4.98 Å². The molecule has 20 heavy (non-hydrogen) atoms. The second-order valence-electron chi connectivity index (χ2n) is 5.83. The number of rotatable bonds is 4. The smallest absolute Gasteiger partial charge is 0.229 e. The van der Waals surface area contributed by atoms with Gasteiger partial charge in [-0.05, 0) is 38.8 Å². The van der Waals surface area contributed by atoms with Crippen LogP contribution in [0.4, 0.5) is 0 Å². The molecule has 5 heteroatoms. The number of alkyl halides is 1. The molecule has 4 nitrogen and oxygen atoms in total. The average Bonchev–Trinajstić information content (AvgIpc) is 2.48. The summed E-state index contributed by atoms with van der Waals surface area (Å²) in [6.45, 7) is 5.18. The molecule has 1 amide bonds. The number of likely N-dealkylation sites (tertiary alicyclic amines) is 1. The Morgan fingerprint density at radius 2 is 2.20 bits per heavy atom. The molecular formula is C15H21ClN2O2. The third-order valence-corrected chi connectivity index (χ3v) is 4.20. The minimum Gasteiger partial charge on any atom is -0.488 e. The third kappa shape index (κ3) is 3.63. The van der Waals surface area contributed by atoms with E-state index in [0.717, 1.165) is 25.1 Å². The third-order valence-electron chi connectivity index (χ3n) is 3.53. The van der Waals surface area contributed by atoms with Crippen molar-refractivity contribution in [2.24, 2.45) is 5.41 Å². The Bertz CT molecular complexity index is 450. The number of carbonyl (C=O) groups excluding carboxylic acids is 1. The highest BCUT2D eigenvalue weighted by Crippen LogP contribution is 2.24. The molecule has 1 atom stereocenters. The monoisotopic (exact) mass is 296 g/mol. The van der Waals surface area contributed by atoms with Gasteiger partial charge in [-0.15, -0.1) is 11.6 Å². The molecule has 1 aromatic heterocycles. The van der Waals surface area contributed by atoms with Crippen LogP contribution in [-0.4, -0.2) is 40.9 Å². The van der Waals surface area contributed by atoms with E-state index in [1.807, 2.05) is 30.9 Å². The van der Waals surface area contributed by atoms with Crippen molar-refractivity contribution in [3.05, 3.63) is 24.5 Å². The second kappa shape index (κ2) is 6.44. The molecule has 1 aliphatic rings. The van der Waals surface area contributed by atoms with Crippen molar-refractivity contribution in [3.8, 4) is 5.75 Å². The zero-order valence-electron chi connectivity index (χ0n) is 12.0. The van der Waals surface area contributed by atoms with Gasteiger partial charge in [-0.3, -0.25) is 9.78 Å². The van der Waals surface area contributed by atoms with Crippen molar-refractivity contribution >= 4 is 17.5 Å². The van der Waals surface area contributed by atoms with Crippen molar-refractivity contribution in [2.45, 2.75) is 32.8 Å². The van der Waals surface area contributed by atoms with Gasteiger partial charge in [0, 0.05) is 24.8 Å². The maximum atomic E-state index is 12.4. The van der Waals surface area contributed by atoms with Gasteiger partial charge in [-0.2, -0.15) is 0 Å². The van der Waals surface area contributed by atoms with E-state index in [1.54, 1.807) is 12.4 Å². The van der Waals surface area contributed by atoms with Crippen LogP contribution in [0.5, 0.6) is 5.75 Å². The molecule has 110 valence electrons. The van der Waals surface area contributed by atoms with Crippen LogP contribution < -0.4 is 4.74 Å². The zero-order valence-corrected chi connectivity index (χ0v) is 12.8. The minimum atomic E-state index is -0.514. The van der Waals surface area contributed by atoms with Crippen molar-refractivity contribution in [3.63, 3.8) is 0 Å². The van der Waals surface area contributed by atoms with E-state index in [-0.39, 0.29) is 12.0 Å². The Balaban J connectivity index is 1.97. The van der Waals surface area contributed by atoms with E-state index in [1.165, 1.54) is 0 Å². The average molecular weight is 297 g/mol. The molecule has 0 N–H and O–H groups in total. The molecule has 1 unspecified atom stereocenters. The summed E-state index contributed by atoms with van der Waals surface area (Å²) >= 11 is 5.89.